The Morgan fingerprint density at radius 2 is 1.85 bits per heavy atom. The van der Waals surface area contributed by atoms with Gasteiger partial charge in [0, 0.05) is 12.5 Å². The molecule has 0 spiro atoms. The zero-order valence-corrected chi connectivity index (χ0v) is 17.7. The molecule has 1 atom stereocenters. The fourth-order valence-electron chi connectivity index (χ4n) is 3.80. The third kappa shape index (κ3) is 4.22. The molecule has 0 aliphatic rings. The molecule has 2 rings (SSSR count). The molecule has 0 heterocycles. The van der Waals surface area contributed by atoms with Crippen molar-refractivity contribution in [2.75, 3.05) is 24.7 Å². The van der Waals surface area contributed by atoms with Crippen LogP contribution in [-0.4, -0.2) is 18.8 Å². The number of anilines is 2. The Morgan fingerprint density at radius 1 is 1.19 bits per heavy atom. The number of aliphatic hydroxyl groups is 1. The van der Waals surface area contributed by atoms with Gasteiger partial charge in [-0.3, -0.25) is 0 Å². The number of hydrogen-bond acceptors (Lipinski definition) is 4. The molecule has 0 amide bonds. The van der Waals surface area contributed by atoms with Crippen LogP contribution in [0.5, 0.6) is 5.75 Å². The summed E-state index contributed by atoms with van der Waals surface area (Å²) in [5.74, 6) is 0.883. The number of rotatable bonds is 6. The van der Waals surface area contributed by atoms with E-state index >= 15 is 0 Å². The summed E-state index contributed by atoms with van der Waals surface area (Å²) in [6.45, 7) is 13.7. The molecule has 1 unspecified atom stereocenters. The van der Waals surface area contributed by atoms with Gasteiger partial charge in [-0.25, -0.2) is 0 Å². The molecule has 4 heteroatoms. The number of aryl methyl sites for hydroxylation is 1. The standard InChI is InChI=1S/C23H34N2O2/c1-8-25-22-19(27-7)12-18(15(3)21(22)24)20(23(4,5)6)16-10-9-14(2)17(11-16)13-26/h9-12,20,25-26H,8,13,24H2,1-7H3. The van der Waals surface area contributed by atoms with Crippen LogP contribution in [0.3, 0.4) is 0 Å². The zero-order valence-electron chi connectivity index (χ0n) is 17.7. The quantitative estimate of drug-likeness (QED) is 0.626. The molecular weight excluding hydrogens is 336 g/mol. The van der Waals surface area contributed by atoms with E-state index in [0.717, 1.165) is 45.9 Å². The third-order valence-electron chi connectivity index (χ3n) is 5.27. The van der Waals surface area contributed by atoms with E-state index in [-0.39, 0.29) is 17.9 Å². The molecule has 27 heavy (non-hydrogen) atoms. The van der Waals surface area contributed by atoms with Gasteiger partial charge in [-0.2, -0.15) is 0 Å². The highest BCUT2D eigenvalue weighted by atomic mass is 16.5. The molecule has 0 fully saturated rings. The molecule has 0 bridgehead atoms. The minimum Gasteiger partial charge on any atom is -0.494 e. The maximum atomic E-state index is 9.73. The van der Waals surface area contributed by atoms with Crippen molar-refractivity contribution in [1.29, 1.82) is 0 Å². The second-order valence-electron chi connectivity index (χ2n) is 8.26. The smallest absolute Gasteiger partial charge is 0.144 e. The van der Waals surface area contributed by atoms with E-state index in [2.05, 4.69) is 57.3 Å². The zero-order chi connectivity index (χ0) is 20.4. The van der Waals surface area contributed by atoms with Crippen LogP contribution >= 0.6 is 0 Å². The number of nitrogen functional groups attached to an aromatic ring is 1. The molecule has 0 aliphatic heterocycles. The molecule has 2 aromatic rings. The largest absolute Gasteiger partial charge is 0.494 e. The van der Waals surface area contributed by atoms with E-state index in [1.54, 1.807) is 7.11 Å². The van der Waals surface area contributed by atoms with Gasteiger partial charge >= 0.3 is 0 Å². The normalized spacial score (nSPS) is 12.7. The van der Waals surface area contributed by atoms with Crippen molar-refractivity contribution in [1.82, 2.24) is 0 Å². The number of methoxy groups -OCH3 is 1. The van der Waals surface area contributed by atoms with Crippen LogP contribution in [0.1, 0.15) is 61.4 Å². The van der Waals surface area contributed by atoms with Gasteiger partial charge in [0.1, 0.15) is 11.4 Å². The summed E-state index contributed by atoms with van der Waals surface area (Å²) in [6, 6.07) is 8.47. The molecule has 2 aromatic carbocycles. The topological polar surface area (TPSA) is 67.5 Å². The van der Waals surface area contributed by atoms with Crippen molar-refractivity contribution in [3.8, 4) is 5.75 Å². The summed E-state index contributed by atoms with van der Waals surface area (Å²) in [6.07, 6.45) is 0. The van der Waals surface area contributed by atoms with Gasteiger partial charge in [0.2, 0.25) is 0 Å². The van der Waals surface area contributed by atoms with Crippen LogP contribution in [-0.2, 0) is 6.61 Å². The first-order valence-electron chi connectivity index (χ1n) is 9.56. The maximum Gasteiger partial charge on any atom is 0.144 e. The fraction of sp³-hybridized carbons (Fsp3) is 0.478. The number of nitrogens with two attached hydrogens (primary N) is 1. The van der Waals surface area contributed by atoms with Gasteiger partial charge in [0.25, 0.3) is 0 Å². The summed E-state index contributed by atoms with van der Waals surface area (Å²) in [5.41, 5.74) is 13.5. The van der Waals surface area contributed by atoms with Crippen molar-refractivity contribution in [3.05, 3.63) is 52.1 Å². The lowest BCUT2D eigenvalue weighted by molar-refractivity contribution is 0.280. The first kappa shape index (κ1) is 21.1. The second-order valence-corrected chi connectivity index (χ2v) is 8.26. The van der Waals surface area contributed by atoms with Gasteiger partial charge in [-0.1, -0.05) is 39.0 Å². The van der Waals surface area contributed by atoms with Gasteiger partial charge in [0.15, 0.2) is 0 Å². The van der Waals surface area contributed by atoms with Gasteiger partial charge < -0.3 is 20.9 Å². The molecule has 0 saturated heterocycles. The SMILES string of the molecule is CCNc1c(OC)cc(C(c2ccc(C)c(CO)c2)C(C)(C)C)c(C)c1N. The highest BCUT2D eigenvalue weighted by molar-refractivity contribution is 5.78. The van der Waals surface area contributed by atoms with Crippen LogP contribution in [0.25, 0.3) is 0 Å². The lowest BCUT2D eigenvalue weighted by atomic mass is 9.71. The van der Waals surface area contributed by atoms with E-state index in [0.29, 0.717) is 0 Å². The second kappa shape index (κ2) is 8.22. The van der Waals surface area contributed by atoms with Crippen LogP contribution in [0.15, 0.2) is 24.3 Å². The monoisotopic (exact) mass is 370 g/mol. The van der Waals surface area contributed by atoms with Crippen molar-refractivity contribution in [2.24, 2.45) is 5.41 Å². The van der Waals surface area contributed by atoms with E-state index in [4.69, 9.17) is 10.5 Å². The number of aliphatic hydroxyl groups excluding tert-OH is 1. The van der Waals surface area contributed by atoms with Crippen molar-refractivity contribution < 1.29 is 9.84 Å². The molecule has 148 valence electrons. The number of nitrogens with one attached hydrogen (secondary N) is 1. The average molecular weight is 371 g/mol. The number of benzene rings is 2. The number of ether oxygens (including phenoxy) is 1. The first-order chi connectivity index (χ1) is 12.6. The molecule has 0 aromatic heterocycles. The maximum absolute atomic E-state index is 9.73. The molecule has 0 saturated carbocycles. The highest BCUT2D eigenvalue weighted by Gasteiger charge is 2.31. The summed E-state index contributed by atoms with van der Waals surface area (Å²) in [5, 5.41) is 13.0. The minimum atomic E-state index is -0.0378. The molecule has 4 nitrogen and oxygen atoms in total. The van der Waals surface area contributed by atoms with Crippen LogP contribution < -0.4 is 15.8 Å². The average Bonchev–Trinajstić information content (AvgIpc) is 2.61. The van der Waals surface area contributed by atoms with Crippen molar-refractivity contribution >= 4 is 11.4 Å². The Morgan fingerprint density at radius 3 is 2.37 bits per heavy atom. The predicted octanol–water partition coefficient (Wildman–Crippen LogP) is 5.00. The molecule has 4 N–H and O–H groups in total. The summed E-state index contributed by atoms with van der Waals surface area (Å²) >= 11 is 0. The third-order valence-corrected chi connectivity index (χ3v) is 5.27. The van der Waals surface area contributed by atoms with E-state index in [1.165, 1.54) is 5.56 Å². The lowest BCUT2D eigenvalue weighted by Crippen LogP contribution is -2.22. The molecular formula is C23H34N2O2. The Labute approximate surface area is 163 Å². The van der Waals surface area contributed by atoms with Crippen LogP contribution in [0.2, 0.25) is 0 Å². The minimum absolute atomic E-state index is 0.0378. The van der Waals surface area contributed by atoms with Crippen molar-refractivity contribution in [3.63, 3.8) is 0 Å². The number of hydrogen-bond donors (Lipinski definition) is 3. The Balaban J connectivity index is 2.74. The summed E-state index contributed by atoms with van der Waals surface area (Å²) in [4.78, 5) is 0. The fourth-order valence-corrected chi connectivity index (χ4v) is 3.80. The summed E-state index contributed by atoms with van der Waals surface area (Å²) < 4.78 is 5.65. The van der Waals surface area contributed by atoms with Crippen LogP contribution in [0.4, 0.5) is 11.4 Å². The van der Waals surface area contributed by atoms with E-state index in [1.807, 2.05) is 13.8 Å². The Bertz CT molecular complexity index is 807. The van der Waals surface area contributed by atoms with Crippen LogP contribution in [0, 0.1) is 19.3 Å². The Hall–Kier alpha value is -2.20. The van der Waals surface area contributed by atoms with Gasteiger partial charge in [0.05, 0.1) is 19.4 Å². The summed E-state index contributed by atoms with van der Waals surface area (Å²) in [7, 11) is 1.68. The lowest BCUT2D eigenvalue weighted by Gasteiger charge is -2.34. The van der Waals surface area contributed by atoms with E-state index in [9.17, 15) is 5.11 Å². The van der Waals surface area contributed by atoms with Gasteiger partial charge in [-0.15, -0.1) is 0 Å². The molecule has 0 aliphatic carbocycles. The van der Waals surface area contributed by atoms with Crippen molar-refractivity contribution in [2.45, 2.75) is 54.1 Å². The first-order valence-corrected chi connectivity index (χ1v) is 9.56. The predicted molar refractivity (Wildman–Crippen MR) is 115 cm³/mol. The van der Waals surface area contributed by atoms with Gasteiger partial charge in [-0.05, 0) is 60.1 Å². The highest BCUT2D eigenvalue weighted by Crippen LogP contribution is 2.47. The molecule has 0 radical (unpaired) electrons. The Kier molecular flexibility index (Phi) is 6.42. The van der Waals surface area contributed by atoms with E-state index < -0.39 is 0 Å².